The van der Waals surface area contributed by atoms with Gasteiger partial charge in [-0.25, -0.2) is 9.18 Å². The molecule has 12 heteroatoms. The topological polar surface area (TPSA) is 138 Å². The van der Waals surface area contributed by atoms with Crippen molar-refractivity contribution in [2.24, 2.45) is 0 Å². The number of carboxylic acid groups (broad SMARTS) is 1. The zero-order valence-corrected chi connectivity index (χ0v) is 27.1. The molecule has 0 radical (unpaired) electrons. The number of aromatic nitrogens is 2. The van der Waals surface area contributed by atoms with Gasteiger partial charge in [0.25, 0.3) is 5.91 Å². The fourth-order valence-corrected chi connectivity index (χ4v) is 6.17. The largest absolute Gasteiger partial charge is 0.477 e. The number of fused-ring (bicyclic) bond motifs is 2. The van der Waals surface area contributed by atoms with Crippen molar-refractivity contribution in [2.45, 2.75) is 52.6 Å². The molecule has 0 saturated carbocycles. The molecule has 1 aliphatic heterocycles. The van der Waals surface area contributed by atoms with E-state index in [2.05, 4.69) is 6.92 Å². The van der Waals surface area contributed by atoms with E-state index < -0.39 is 34.7 Å². The summed E-state index contributed by atoms with van der Waals surface area (Å²) in [5.74, 6) is -2.87. The number of carbonyl (C=O) groups excluding carboxylic acids is 2. The van der Waals surface area contributed by atoms with Gasteiger partial charge in [0, 0.05) is 67.0 Å². The van der Waals surface area contributed by atoms with E-state index in [0.29, 0.717) is 17.6 Å². The van der Waals surface area contributed by atoms with Crippen LogP contribution in [0.5, 0.6) is 0 Å². The first-order valence-corrected chi connectivity index (χ1v) is 16.2. The van der Waals surface area contributed by atoms with Crippen LogP contribution in [-0.2, 0) is 27.4 Å². The van der Waals surface area contributed by atoms with Crippen LogP contribution < -0.4 is 10.3 Å². The minimum atomic E-state index is -1.36. The van der Waals surface area contributed by atoms with Gasteiger partial charge in [0.05, 0.1) is 17.8 Å². The summed E-state index contributed by atoms with van der Waals surface area (Å²) in [6.07, 6.45) is 8.34. The van der Waals surface area contributed by atoms with Crippen molar-refractivity contribution in [1.82, 2.24) is 14.0 Å². The van der Waals surface area contributed by atoms with Crippen molar-refractivity contribution in [1.29, 1.82) is 5.26 Å². The maximum atomic E-state index is 15.5. The van der Waals surface area contributed by atoms with Crippen molar-refractivity contribution in [3.8, 4) is 6.07 Å². The molecule has 11 nitrogen and oxygen atoms in total. The normalized spacial score (nSPS) is 13.6. The first-order valence-electron chi connectivity index (χ1n) is 16.2. The average molecular weight is 656 g/mol. The molecule has 0 unspecified atom stereocenters. The second-order valence-corrected chi connectivity index (χ2v) is 11.7. The number of para-hydroxylation sites is 1. The molecule has 0 spiro atoms. The number of unbranched alkanes of at least 4 members (excludes halogenated alkanes) is 3. The van der Waals surface area contributed by atoms with E-state index in [1.807, 2.05) is 30.3 Å². The number of halogens is 1. The van der Waals surface area contributed by atoms with Gasteiger partial charge in [0.2, 0.25) is 5.43 Å². The lowest BCUT2D eigenvalue weighted by molar-refractivity contribution is -0.143. The van der Waals surface area contributed by atoms with Gasteiger partial charge in [-0.05, 0) is 37.6 Å². The number of amides is 1. The van der Waals surface area contributed by atoms with E-state index >= 15 is 4.39 Å². The smallest absolute Gasteiger partial charge is 0.341 e. The third kappa shape index (κ3) is 7.10. The predicted octanol–water partition coefficient (Wildman–Crippen LogP) is 5.19. The maximum Gasteiger partial charge on any atom is 0.341 e. The van der Waals surface area contributed by atoms with Gasteiger partial charge in [0.15, 0.2) is 0 Å². The summed E-state index contributed by atoms with van der Waals surface area (Å²) in [4.78, 5) is 53.8. The molecule has 4 aromatic rings. The van der Waals surface area contributed by atoms with Crippen molar-refractivity contribution < 1.29 is 28.6 Å². The van der Waals surface area contributed by atoms with Crippen LogP contribution in [0.1, 0.15) is 55.5 Å². The Morgan fingerprint density at radius 3 is 2.42 bits per heavy atom. The van der Waals surface area contributed by atoms with E-state index in [9.17, 15) is 29.5 Å². The molecule has 2 aromatic carbocycles. The van der Waals surface area contributed by atoms with Gasteiger partial charge in [-0.2, -0.15) is 5.26 Å². The fourth-order valence-electron chi connectivity index (χ4n) is 6.17. The summed E-state index contributed by atoms with van der Waals surface area (Å²) in [5.41, 5.74) is 0.880. The van der Waals surface area contributed by atoms with Crippen LogP contribution in [0.4, 0.5) is 10.1 Å². The van der Waals surface area contributed by atoms with E-state index in [1.165, 1.54) is 12.3 Å². The summed E-state index contributed by atoms with van der Waals surface area (Å²) in [6.45, 7) is 5.55. The quantitative estimate of drug-likeness (QED) is 0.0953. The number of nitriles is 1. The van der Waals surface area contributed by atoms with Gasteiger partial charge in [-0.15, -0.1) is 0 Å². The van der Waals surface area contributed by atoms with Crippen molar-refractivity contribution in [3.63, 3.8) is 0 Å². The molecule has 1 aliphatic rings. The molecule has 0 aliphatic carbocycles. The number of pyridine rings is 1. The van der Waals surface area contributed by atoms with Crippen LogP contribution in [0.2, 0.25) is 0 Å². The molecule has 0 atom stereocenters. The number of carbonyl (C=O) groups is 3. The number of aryl methyl sites for hydroxylation is 1. The highest BCUT2D eigenvalue weighted by Gasteiger charge is 2.27. The van der Waals surface area contributed by atoms with Crippen LogP contribution in [-0.4, -0.2) is 69.8 Å². The van der Waals surface area contributed by atoms with E-state index in [0.717, 1.165) is 42.7 Å². The number of piperazine rings is 1. The molecule has 3 heterocycles. The minimum Gasteiger partial charge on any atom is -0.477 e. The average Bonchev–Trinajstić information content (AvgIpc) is 3.42. The van der Waals surface area contributed by atoms with Crippen LogP contribution in [0.3, 0.4) is 0 Å². The SMILES string of the molecule is CCCCCCn1cc(C(=O)O)c(=O)c2cc(F)c(N3CCN(C(=O)/C(C#N)=C/c4cn(CC(=O)OCC)c5ccccc45)CC3)cc21. The van der Waals surface area contributed by atoms with Gasteiger partial charge in [0.1, 0.15) is 29.6 Å². The van der Waals surface area contributed by atoms with Crippen molar-refractivity contribution in [3.05, 3.63) is 81.5 Å². The van der Waals surface area contributed by atoms with Crippen molar-refractivity contribution in [2.75, 3.05) is 37.7 Å². The lowest BCUT2D eigenvalue weighted by Gasteiger charge is -2.36. The van der Waals surface area contributed by atoms with E-state index in [-0.39, 0.29) is 56.0 Å². The zero-order chi connectivity index (χ0) is 34.4. The number of rotatable bonds is 12. The Bertz CT molecular complexity index is 2000. The second kappa shape index (κ2) is 15.0. The summed E-state index contributed by atoms with van der Waals surface area (Å²) in [6, 6.07) is 12.1. The van der Waals surface area contributed by atoms with Crippen LogP contribution in [0.25, 0.3) is 27.9 Å². The number of ether oxygens (including phenoxy) is 1. The number of carboxylic acids is 1. The molecule has 1 N–H and O–H groups in total. The Balaban J connectivity index is 1.37. The molecule has 1 fully saturated rings. The lowest BCUT2D eigenvalue weighted by atomic mass is 10.1. The van der Waals surface area contributed by atoms with Crippen molar-refractivity contribution >= 4 is 51.4 Å². The monoisotopic (exact) mass is 655 g/mol. The molecule has 1 amide bonds. The Kier molecular flexibility index (Phi) is 10.6. The Hall–Kier alpha value is -5.44. The second-order valence-electron chi connectivity index (χ2n) is 11.7. The van der Waals surface area contributed by atoms with Crippen LogP contribution >= 0.6 is 0 Å². The third-order valence-electron chi connectivity index (χ3n) is 8.61. The summed E-state index contributed by atoms with van der Waals surface area (Å²) in [7, 11) is 0. The molecule has 0 bridgehead atoms. The summed E-state index contributed by atoms with van der Waals surface area (Å²) in [5, 5.41) is 20.4. The number of anilines is 1. The maximum absolute atomic E-state index is 15.5. The molecule has 48 heavy (non-hydrogen) atoms. The molecule has 250 valence electrons. The summed E-state index contributed by atoms with van der Waals surface area (Å²) < 4.78 is 24.1. The van der Waals surface area contributed by atoms with Crippen LogP contribution in [0, 0.1) is 17.1 Å². The standard InChI is InChI=1S/C36H38FN5O6/c1-3-5-6-9-12-41-22-28(36(46)47)34(44)27-18-29(37)32(19-31(27)41)39-13-15-40(16-14-39)35(45)24(20-38)17-25-21-42(23-33(43)48-4-2)30-11-8-7-10-26(25)30/h7-8,10-11,17-19,21-22H,3-6,9,12-16,23H2,1-2H3,(H,46,47)/b24-17+. The molecule has 1 saturated heterocycles. The lowest BCUT2D eigenvalue weighted by Crippen LogP contribution is -2.49. The summed E-state index contributed by atoms with van der Waals surface area (Å²) >= 11 is 0. The Morgan fingerprint density at radius 1 is 0.979 bits per heavy atom. The number of hydrogen-bond acceptors (Lipinski definition) is 7. The number of aromatic carboxylic acids is 1. The number of benzene rings is 2. The van der Waals surface area contributed by atoms with Gasteiger partial charge in [-0.3, -0.25) is 14.4 Å². The highest BCUT2D eigenvalue weighted by molar-refractivity contribution is 6.04. The molecule has 2 aromatic heterocycles. The highest BCUT2D eigenvalue weighted by Crippen LogP contribution is 2.28. The Morgan fingerprint density at radius 2 is 1.73 bits per heavy atom. The predicted molar refractivity (Wildman–Crippen MR) is 180 cm³/mol. The highest BCUT2D eigenvalue weighted by atomic mass is 19.1. The number of esters is 1. The molecular weight excluding hydrogens is 617 g/mol. The Labute approximate surface area is 277 Å². The zero-order valence-electron chi connectivity index (χ0n) is 27.1. The number of nitrogens with zero attached hydrogens (tertiary/aromatic N) is 5. The number of hydrogen-bond donors (Lipinski definition) is 1. The van der Waals surface area contributed by atoms with Crippen LogP contribution in [0.15, 0.2) is 59.2 Å². The van der Waals surface area contributed by atoms with Gasteiger partial charge < -0.3 is 28.8 Å². The first-order chi connectivity index (χ1) is 23.2. The molecule has 5 rings (SSSR count). The third-order valence-corrected chi connectivity index (χ3v) is 8.61. The molecular formula is C36H38FN5O6. The first kappa shape index (κ1) is 33.9. The fraction of sp³-hybridized carbons (Fsp3) is 0.361. The van der Waals surface area contributed by atoms with Gasteiger partial charge >= 0.3 is 11.9 Å². The van der Waals surface area contributed by atoms with E-state index in [1.54, 1.807) is 38.1 Å². The van der Waals surface area contributed by atoms with E-state index in [4.69, 9.17) is 4.74 Å². The van der Waals surface area contributed by atoms with Gasteiger partial charge in [-0.1, -0.05) is 44.4 Å². The minimum absolute atomic E-state index is 0.00728.